The first kappa shape index (κ1) is 23.7. The van der Waals surface area contributed by atoms with Gasteiger partial charge in [0.15, 0.2) is 6.10 Å². The normalized spacial score (nSPS) is 21.2. The number of carbonyl (C=O) groups excluding carboxylic acids is 5. The van der Waals surface area contributed by atoms with Crippen LogP contribution >= 0.6 is 0 Å². The lowest BCUT2D eigenvalue weighted by Crippen LogP contribution is -2.60. The second-order valence-electron chi connectivity index (χ2n) is 9.62. The molecule has 1 aliphatic carbocycles. The zero-order chi connectivity index (χ0) is 24.7. The largest absolute Gasteiger partial charge is 0.453 e. The summed E-state index contributed by atoms with van der Waals surface area (Å²) >= 11 is 0. The molecule has 3 aliphatic rings. The van der Waals surface area contributed by atoms with E-state index in [1.54, 1.807) is 38.1 Å². The maximum atomic E-state index is 13.2. The van der Waals surface area contributed by atoms with Gasteiger partial charge in [-0.3, -0.25) is 29.0 Å². The number of anilines is 2. The van der Waals surface area contributed by atoms with E-state index in [2.05, 4.69) is 10.6 Å². The molecule has 34 heavy (non-hydrogen) atoms. The molecular weight excluding hydrogens is 440 g/mol. The second-order valence-corrected chi connectivity index (χ2v) is 9.62. The summed E-state index contributed by atoms with van der Waals surface area (Å²) in [5, 5.41) is 5.60. The number of amides is 5. The number of benzene rings is 1. The number of hydrogen-bond acceptors (Lipinski definition) is 6. The van der Waals surface area contributed by atoms with Crippen LogP contribution in [0.4, 0.5) is 16.2 Å². The highest BCUT2D eigenvalue weighted by Crippen LogP contribution is 2.37. The van der Waals surface area contributed by atoms with Crippen molar-refractivity contribution < 1.29 is 28.7 Å². The van der Waals surface area contributed by atoms with Gasteiger partial charge in [-0.15, -0.1) is 0 Å². The van der Waals surface area contributed by atoms with E-state index < -0.39 is 35.1 Å². The Bertz CT molecular complexity index is 1050. The van der Waals surface area contributed by atoms with Gasteiger partial charge in [-0.1, -0.05) is 25.0 Å². The molecule has 182 valence electrons. The van der Waals surface area contributed by atoms with E-state index in [9.17, 15) is 24.0 Å². The standard InChI is InChI=1S/C24H30N4O6/c1-15(19(30)28-17-10-5-4-9-16(17)25-20(31)23(28,2)3)34-18(29)11-8-14-27-21(32)24(26-22(27)33)12-6-7-13-24/h4-5,9-10,15H,6-8,11-14H2,1-3H3,(H,25,31)(H,26,33)/t15-/m0/s1. The van der Waals surface area contributed by atoms with Crippen molar-refractivity contribution in [2.75, 3.05) is 16.8 Å². The average Bonchev–Trinajstić information content (AvgIpc) is 3.34. The monoisotopic (exact) mass is 470 g/mol. The van der Waals surface area contributed by atoms with Crippen LogP contribution in [0.15, 0.2) is 24.3 Å². The second kappa shape index (κ2) is 8.73. The Morgan fingerprint density at radius 2 is 1.79 bits per heavy atom. The van der Waals surface area contributed by atoms with Gasteiger partial charge in [0.1, 0.15) is 11.1 Å². The third-order valence-electron chi connectivity index (χ3n) is 6.85. The van der Waals surface area contributed by atoms with Crippen molar-refractivity contribution >= 4 is 41.1 Å². The third kappa shape index (κ3) is 4.01. The van der Waals surface area contributed by atoms with E-state index in [1.807, 2.05) is 0 Å². The highest BCUT2D eigenvalue weighted by Gasteiger charge is 2.52. The molecule has 0 radical (unpaired) electrons. The number of esters is 1. The minimum Gasteiger partial charge on any atom is -0.453 e. The Labute approximate surface area is 198 Å². The zero-order valence-electron chi connectivity index (χ0n) is 19.7. The van der Waals surface area contributed by atoms with Gasteiger partial charge in [-0.25, -0.2) is 4.79 Å². The summed E-state index contributed by atoms with van der Waals surface area (Å²) in [5.41, 5.74) is -0.916. The molecule has 4 rings (SSSR count). The van der Waals surface area contributed by atoms with E-state index in [0.29, 0.717) is 24.2 Å². The summed E-state index contributed by atoms with van der Waals surface area (Å²) < 4.78 is 5.35. The van der Waals surface area contributed by atoms with Gasteiger partial charge < -0.3 is 15.4 Å². The number of urea groups is 1. The number of nitrogens with one attached hydrogen (secondary N) is 2. The first-order chi connectivity index (χ1) is 16.1. The molecule has 2 heterocycles. The van der Waals surface area contributed by atoms with Gasteiger partial charge in [0.05, 0.1) is 11.4 Å². The van der Waals surface area contributed by atoms with Crippen LogP contribution in [0.1, 0.15) is 59.3 Å². The van der Waals surface area contributed by atoms with Crippen LogP contribution in [0.3, 0.4) is 0 Å². The average molecular weight is 471 g/mol. The zero-order valence-corrected chi connectivity index (χ0v) is 19.7. The predicted molar refractivity (Wildman–Crippen MR) is 123 cm³/mol. The minimum absolute atomic E-state index is 0.0534. The lowest BCUT2D eigenvalue weighted by atomic mass is 9.95. The van der Waals surface area contributed by atoms with Crippen molar-refractivity contribution in [2.24, 2.45) is 0 Å². The summed E-state index contributed by atoms with van der Waals surface area (Å²) in [6, 6.07) is 6.51. The van der Waals surface area contributed by atoms with Crippen LogP contribution in [0.2, 0.25) is 0 Å². The number of rotatable bonds is 6. The summed E-state index contributed by atoms with van der Waals surface area (Å²) in [7, 11) is 0. The summed E-state index contributed by atoms with van der Waals surface area (Å²) in [4.78, 5) is 65.7. The van der Waals surface area contributed by atoms with Crippen molar-refractivity contribution in [3.05, 3.63) is 24.3 Å². The number of imide groups is 1. The minimum atomic E-state index is -1.17. The molecule has 2 aliphatic heterocycles. The van der Waals surface area contributed by atoms with Crippen molar-refractivity contribution in [1.29, 1.82) is 0 Å². The van der Waals surface area contributed by atoms with Gasteiger partial charge >= 0.3 is 12.0 Å². The first-order valence-corrected chi connectivity index (χ1v) is 11.6. The van der Waals surface area contributed by atoms with Crippen LogP contribution in [-0.4, -0.2) is 58.3 Å². The molecule has 1 aromatic carbocycles. The SMILES string of the molecule is C[C@H](OC(=O)CCCN1C(=O)NC2(CCCC2)C1=O)C(=O)N1c2ccccc2NC(=O)C1(C)C. The molecule has 1 saturated heterocycles. The molecule has 5 amide bonds. The van der Waals surface area contributed by atoms with Gasteiger partial charge in [-0.05, 0) is 52.2 Å². The first-order valence-electron chi connectivity index (χ1n) is 11.6. The van der Waals surface area contributed by atoms with Crippen molar-refractivity contribution in [1.82, 2.24) is 10.2 Å². The van der Waals surface area contributed by atoms with Crippen LogP contribution in [0, 0.1) is 0 Å². The Kier molecular flexibility index (Phi) is 6.09. The number of nitrogens with zero attached hydrogens (tertiary/aromatic N) is 2. The topological polar surface area (TPSA) is 125 Å². The lowest BCUT2D eigenvalue weighted by Gasteiger charge is -2.42. The molecule has 2 N–H and O–H groups in total. The highest BCUT2D eigenvalue weighted by molar-refractivity contribution is 6.15. The Hall–Kier alpha value is -3.43. The molecule has 1 atom stereocenters. The number of fused-ring (bicyclic) bond motifs is 1. The van der Waals surface area contributed by atoms with E-state index in [-0.39, 0.29) is 31.2 Å². The molecule has 2 fully saturated rings. The van der Waals surface area contributed by atoms with Gasteiger partial charge in [-0.2, -0.15) is 0 Å². The van der Waals surface area contributed by atoms with Crippen LogP contribution < -0.4 is 15.5 Å². The fourth-order valence-corrected chi connectivity index (χ4v) is 4.91. The Morgan fingerprint density at radius 3 is 2.50 bits per heavy atom. The van der Waals surface area contributed by atoms with Crippen LogP contribution in [0.5, 0.6) is 0 Å². The molecule has 0 aromatic heterocycles. The summed E-state index contributed by atoms with van der Waals surface area (Å²) in [5.74, 6) is -1.70. The highest BCUT2D eigenvalue weighted by atomic mass is 16.5. The fourth-order valence-electron chi connectivity index (χ4n) is 4.91. The van der Waals surface area contributed by atoms with Gasteiger partial charge in [0.25, 0.3) is 11.8 Å². The maximum absolute atomic E-state index is 13.2. The maximum Gasteiger partial charge on any atom is 0.325 e. The quantitative estimate of drug-likeness (QED) is 0.486. The van der Waals surface area contributed by atoms with Crippen molar-refractivity contribution in [2.45, 2.75) is 76.5 Å². The molecule has 10 heteroatoms. The molecule has 0 bridgehead atoms. The number of hydrogen-bond donors (Lipinski definition) is 2. The summed E-state index contributed by atoms with van der Waals surface area (Å²) in [6.45, 7) is 4.82. The van der Waals surface area contributed by atoms with E-state index in [1.165, 1.54) is 16.7 Å². The van der Waals surface area contributed by atoms with Gasteiger partial charge in [0.2, 0.25) is 5.91 Å². The predicted octanol–water partition coefficient (Wildman–Crippen LogP) is 2.33. The molecule has 1 saturated carbocycles. The molecule has 1 aromatic rings. The Morgan fingerprint density at radius 1 is 1.12 bits per heavy atom. The van der Waals surface area contributed by atoms with Crippen molar-refractivity contribution in [3.8, 4) is 0 Å². The molecular formula is C24H30N4O6. The lowest BCUT2D eigenvalue weighted by molar-refractivity contribution is -0.154. The van der Waals surface area contributed by atoms with Gasteiger partial charge in [0, 0.05) is 13.0 Å². The van der Waals surface area contributed by atoms with Crippen LogP contribution in [0.25, 0.3) is 0 Å². The van der Waals surface area contributed by atoms with Crippen molar-refractivity contribution in [3.63, 3.8) is 0 Å². The number of ether oxygens (including phenoxy) is 1. The smallest absolute Gasteiger partial charge is 0.325 e. The summed E-state index contributed by atoms with van der Waals surface area (Å²) in [6.07, 6.45) is 2.14. The number of carbonyl (C=O) groups is 5. The van der Waals surface area contributed by atoms with E-state index in [0.717, 1.165) is 12.8 Å². The third-order valence-corrected chi connectivity index (χ3v) is 6.85. The van der Waals surface area contributed by atoms with E-state index >= 15 is 0 Å². The molecule has 10 nitrogen and oxygen atoms in total. The molecule has 0 unspecified atom stereocenters. The fraction of sp³-hybridized carbons (Fsp3) is 0.542. The number of para-hydroxylation sites is 2. The molecule has 1 spiro atoms. The van der Waals surface area contributed by atoms with Crippen LogP contribution in [-0.2, 0) is 23.9 Å². The Balaban J connectivity index is 1.34. The van der Waals surface area contributed by atoms with E-state index in [4.69, 9.17) is 4.74 Å².